The van der Waals surface area contributed by atoms with Gasteiger partial charge in [0.05, 0.1) is 17.2 Å². The van der Waals surface area contributed by atoms with Gasteiger partial charge in [0.2, 0.25) is 0 Å². The van der Waals surface area contributed by atoms with Crippen molar-refractivity contribution in [3.05, 3.63) is 70.8 Å². The molecule has 2 aromatic carbocycles. The number of amides is 1. The van der Waals surface area contributed by atoms with Gasteiger partial charge < -0.3 is 9.64 Å². The zero-order valence-electron chi connectivity index (χ0n) is 15.2. The number of rotatable bonds is 4. The first-order valence-electron chi connectivity index (χ1n) is 9.11. The van der Waals surface area contributed by atoms with Crippen molar-refractivity contribution in [2.45, 2.75) is 19.4 Å². The van der Waals surface area contributed by atoms with Crippen LogP contribution < -0.4 is 10.5 Å². The number of aromatic nitrogens is 2. The lowest BCUT2D eigenvalue weighted by Gasteiger charge is -2.29. The molecule has 1 aliphatic heterocycles. The number of para-hydroxylation sites is 2. The predicted octanol–water partition coefficient (Wildman–Crippen LogP) is 1.92. The summed E-state index contributed by atoms with van der Waals surface area (Å²) in [7, 11) is 0. The molecule has 0 aliphatic carbocycles. The van der Waals surface area contributed by atoms with Crippen molar-refractivity contribution in [2.75, 3.05) is 18.1 Å². The molecule has 0 spiro atoms. The van der Waals surface area contributed by atoms with Crippen molar-refractivity contribution in [3.8, 4) is 0 Å². The van der Waals surface area contributed by atoms with Crippen LogP contribution in [0.2, 0.25) is 0 Å². The molecule has 4 rings (SSSR count). The lowest BCUT2D eigenvalue weighted by atomic mass is 10.0. The van der Waals surface area contributed by atoms with Crippen LogP contribution in [0.4, 0.5) is 5.69 Å². The van der Waals surface area contributed by atoms with Gasteiger partial charge in [0.15, 0.2) is 6.61 Å². The third kappa shape index (κ3) is 3.51. The van der Waals surface area contributed by atoms with Gasteiger partial charge in [-0.2, -0.15) is 0 Å². The summed E-state index contributed by atoms with van der Waals surface area (Å²) >= 11 is 0. The van der Waals surface area contributed by atoms with E-state index < -0.39 is 5.97 Å². The highest BCUT2D eigenvalue weighted by atomic mass is 16.5. The first-order chi connectivity index (χ1) is 13.6. The van der Waals surface area contributed by atoms with Crippen LogP contribution in [0.1, 0.15) is 12.0 Å². The minimum Gasteiger partial charge on any atom is -0.454 e. The first-order valence-corrected chi connectivity index (χ1v) is 9.11. The standard InChI is InChI=1S/C21H19N3O4/c25-19(24-11-5-7-15-6-1-4-10-18(15)24)13-28-20(26)12-23-14-22-17-9-3-2-8-16(17)21(23)27/h1-4,6,8-10,14H,5,7,11-13H2. The highest BCUT2D eigenvalue weighted by Crippen LogP contribution is 2.26. The van der Waals surface area contributed by atoms with Crippen LogP contribution in [0.15, 0.2) is 59.7 Å². The second-order valence-electron chi connectivity index (χ2n) is 6.63. The van der Waals surface area contributed by atoms with Gasteiger partial charge in [-0.25, -0.2) is 4.98 Å². The van der Waals surface area contributed by atoms with Crippen LogP contribution in [0.5, 0.6) is 0 Å². The highest BCUT2D eigenvalue weighted by molar-refractivity contribution is 5.96. The number of carbonyl (C=O) groups is 2. The molecule has 2 heterocycles. The van der Waals surface area contributed by atoms with Gasteiger partial charge in [-0.05, 0) is 36.6 Å². The van der Waals surface area contributed by atoms with Crippen LogP contribution in [0.25, 0.3) is 10.9 Å². The third-order valence-electron chi connectivity index (χ3n) is 4.80. The van der Waals surface area contributed by atoms with E-state index in [1.807, 2.05) is 24.3 Å². The number of fused-ring (bicyclic) bond motifs is 2. The normalized spacial score (nSPS) is 13.2. The Balaban J connectivity index is 1.41. The van der Waals surface area contributed by atoms with Crippen molar-refractivity contribution in [2.24, 2.45) is 0 Å². The molecule has 1 amide bonds. The van der Waals surface area contributed by atoms with E-state index in [1.165, 1.54) is 10.9 Å². The van der Waals surface area contributed by atoms with Gasteiger partial charge in [0.25, 0.3) is 11.5 Å². The van der Waals surface area contributed by atoms with E-state index in [2.05, 4.69) is 4.98 Å². The van der Waals surface area contributed by atoms with E-state index in [0.717, 1.165) is 24.1 Å². The second-order valence-corrected chi connectivity index (χ2v) is 6.63. The molecule has 28 heavy (non-hydrogen) atoms. The van der Waals surface area contributed by atoms with Crippen LogP contribution in [0, 0.1) is 0 Å². The molecule has 7 nitrogen and oxygen atoms in total. The quantitative estimate of drug-likeness (QED) is 0.649. The molecule has 0 fully saturated rings. The minimum atomic E-state index is -0.655. The molecule has 0 saturated carbocycles. The SMILES string of the molecule is O=C(Cn1cnc2ccccc2c1=O)OCC(=O)N1CCCc2ccccc21. The monoisotopic (exact) mass is 377 g/mol. The van der Waals surface area contributed by atoms with Crippen molar-refractivity contribution >= 4 is 28.5 Å². The van der Waals surface area contributed by atoms with E-state index in [4.69, 9.17) is 4.74 Å². The summed E-state index contributed by atoms with van der Waals surface area (Å²) < 4.78 is 6.31. The number of hydrogen-bond donors (Lipinski definition) is 0. The number of esters is 1. The van der Waals surface area contributed by atoms with Gasteiger partial charge >= 0.3 is 5.97 Å². The zero-order valence-corrected chi connectivity index (χ0v) is 15.2. The Labute approximate surface area is 161 Å². The van der Waals surface area contributed by atoms with Gasteiger partial charge in [-0.1, -0.05) is 30.3 Å². The summed E-state index contributed by atoms with van der Waals surface area (Å²) in [5.74, 6) is -0.928. The van der Waals surface area contributed by atoms with Crippen LogP contribution >= 0.6 is 0 Å². The Bertz CT molecular complexity index is 1110. The number of hydrogen-bond acceptors (Lipinski definition) is 5. The van der Waals surface area contributed by atoms with Crippen molar-refractivity contribution in [1.29, 1.82) is 0 Å². The van der Waals surface area contributed by atoms with Gasteiger partial charge in [0.1, 0.15) is 6.54 Å². The molecule has 142 valence electrons. The fourth-order valence-corrected chi connectivity index (χ4v) is 3.42. The van der Waals surface area contributed by atoms with E-state index in [9.17, 15) is 14.4 Å². The highest BCUT2D eigenvalue weighted by Gasteiger charge is 2.23. The largest absolute Gasteiger partial charge is 0.454 e. The number of carbonyl (C=O) groups excluding carboxylic acids is 2. The predicted molar refractivity (Wildman–Crippen MR) is 104 cm³/mol. The average Bonchev–Trinajstić information content (AvgIpc) is 2.74. The summed E-state index contributed by atoms with van der Waals surface area (Å²) in [6.07, 6.45) is 3.11. The molecule has 0 saturated heterocycles. The minimum absolute atomic E-state index is 0.274. The lowest BCUT2D eigenvalue weighted by molar-refractivity contribution is -0.148. The fraction of sp³-hybridized carbons (Fsp3) is 0.238. The van der Waals surface area contributed by atoms with E-state index >= 15 is 0 Å². The second kappa shape index (κ2) is 7.64. The first kappa shape index (κ1) is 17.9. The van der Waals surface area contributed by atoms with E-state index in [0.29, 0.717) is 17.4 Å². The molecule has 0 N–H and O–H groups in total. The number of ether oxygens (including phenoxy) is 1. The Morgan fingerprint density at radius 2 is 1.86 bits per heavy atom. The summed E-state index contributed by atoms with van der Waals surface area (Å²) in [5, 5.41) is 0.429. The van der Waals surface area contributed by atoms with E-state index in [-0.39, 0.29) is 24.6 Å². The molecule has 0 radical (unpaired) electrons. The van der Waals surface area contributed by atoms with Crippen LogP contribution in [-0.4, -0.2) is 34.6 Å². The average molecular weight is 377 g/mol. The van der Waals surface area contributed by atoms with Gasteiger partial charge in [0, 0.05) is 12.2 Å². The third-order valence-corrected chi connectivity index (χ3v) is 4.80. The molecule has 1 aromatic heterocycles. The molecular weight excluding hydrogens is 358 g/mol. The Morgan fingerprint density at radius 3 is 2.75 bits per heavy atom. The number of anilines is 1. The van der Waals surface area contributed by atoms with Crippen molar-refractivity contribution in [1.82, 2.24) is 9.55 Å². The number of nitrogens with zero attached hydrogens (tertiary/aromatic N) is 3. The van der Waals surface area contributed by atoms with Crippen molar-refractivity contribution < 1.29 is 14.3 Å². The van der Waals surface area contributed by atoms with Gasteiger partial charge in [-0.3, -0.25) is 19.0 Å². The van der Waals surface area contributed by atoms with Gasteiger partial charge in [-0.15, -0.1) is 0 Å². The number of benzene rings is 2. The Kier molecular flexibility index (Phi) is 4.89. The maximum absolute atomic E-state index is 12.5. The smallest absolute Gasteiger partial charge is 0.326 e. The summed E-state index contributed by atoms with van der Waals surface area (Å²) in [6.45, 7) is -0.0507. The van der Waals surface area contributed by atoms with E-state index in [1.54, 1.807) is 29.2 Å². The number of aryl methyl sites for hydroxylation is 1. The molecule has 1 aliphatic rings. The maximum Gasteiger partial charge on any atom is 0.326 e. The Hall–Kier alpha value is -3.48. The molecule has 0 bridgehead atoms. The topological polar surface area (TPSA) is 81.5 Å². The molecule has 7 heteroatoms. The summed E-state index contributed by atoms with van der Waals surface area (Å²) in [6, 6.07) is 14.6. The summed E-state index contributed by atoms with van der Waals surface area (Å²) in [4.78, 5) is 42.9. The maximum atomic E-state index is 12.5. The lowest BCUT2D eigenvalue weighted by Crippen LogP contribution is -2.38. The Morgan fingerprint density at radius 1 is 1.07 bits per heavy atom. The fourth-order valence-electron chi connectivity index (χ4n) is 3.42. The zero-order chi connectivity index (χ0) is 19.5. The molecule has 0 unspecified atom stereocenters. The molecule has 0 atom stereocenters. The van der Waals surface area contributed by atoms with Crippen molar-refractivity contribution in [3.63, 3.8) is 0 Å². The van der Waals surface area contributed by atoms with Crippen LogP contribution in [-0.2, 0) is 27.3 Å². The van der Waals surface area contributed by atoms with Crippen LogP contribution in [0.3, 0.4) is 0 Å². The molecular formula is C21H19N3O4. The summed E-state index contributed by atoms with van der Waals surface area (Å²) in [5.41, 5.74) is 2.22. The molecule has 3 aromatic rings.